The molecule has 0 saturated carbocycles. The number of benzene rings is 1. The van der Waals surface area contributed by atoms with Crippen molar-refractivity contribution in [1.82, 2.24) is 4.57 Å². The third kappa shape index (κ3) is 4.07. The van der Waals surface area contributed by atoms with Gasteiger partial charge in [0.15, 0.2) is 0 Å². The van der Waals surface area contributed by atoms with Gasteiger partial charge < -0.3 is 9.88 Å². The Morgan fingerprint density at radius 2 is 2.00 bits per heavy atom. The molecule has 5 nitrogen and oxygen atoms in total. The van der Waals surface area contributed by atoms with Crippen molar-refractivity contribution >= 4 is 11.6 Å². The highest BCUT2D eigenvalue weighted by atomic mass is 16.2. The average Bonchev–Trinajstić information content (AvgIpc) is 2.54. The lowest BCUT2D eigenvalue weighted by atomic mass is 10.1. The molecule has 2 rings (SSSR count). The predicted molar refractivity (Wildman–Crippen MR) is 89.2 cm³/mol. The van der Waals surface area contributed by atoms with Crippen LogP contribution in [0.4, 0.5) is 5.69 Å². The molecule has 0 saturated heterocycles. The van der Waals surface area contributed by atoms with Gasteiger partial charge in [-0.25, -0.2) is 0 Å². The number of aromatic nitrogens is 1. The number of rotatable bonds is 5. The summed E-state index contributed by atoms with van der Waals surface area (Å²) in [6.45, 7) is 3.82. The van der Waals surface area contributed by atoms with E-state index >= 15 is 0 Å². The number of carbonyl (C=O) groups excluding carboxylic acids is 1. The first-order valence-corrected chi connectivity index (χ1v) is 7.55. The Hall–Kier alpha value is -2.87. The molecule has 23 heavy (non-hydrogen) atoms. The number of nitrogens with zero attached hydrogens (tertiary/aromatic N) is 2. The highest BCUT2D eigenvalue weighted by Gasteiger charge is 2.20. The zero-order chi connectivity index (χ0) is 16.8. The van der Waals surface area contributed by atoms with E-state index < -0.39 is 6.04 Å². The number of anilines is 1. The Bertz CT molecular complexity index is 785. The second-order valence-corrected chi connectivity index (χ2v) is 5.43. The molecule has 1 aromatic carbocycles. The fourth-order valence-corrected chi connectivity index (χ4v) is 2.37. The second-order valence-electron chi connectivity index (χ2n) is 5.43. The first-order chi connectivity index (χ1) is 11.0. The molecule has 1 unspecified atom stereocenters. The van der Waals surface area contributed by atoms with Gasteiger partial charge in [-0.1, -0.05) is 13.3 Å². The topological polar surface area (TPSA) is 74.9 Å². The lowest BCUT2D eigenvalue weighted by Gasteiger charge is -2.19. The second kappa shape index (κ2) is 7.41. The van der Waals surface area contributed by atoms with Crippen molar-refractivity contribution < 1.29 is 4.79 Å². The maximum atomic E-state index is 12.6. The van der Waals surface area contributed by atoms with Gasteiger partial charge in [-0.2, -0.15) is 5.26 Å². The van der Waals surface area contributed by atoms with Crippen LogP contribution in [0.25, 0.3) is 0 Å². The largest absolute Gasteiger partial charge is 0.324 e. The van der Waals surface area contributed by atoms with Crippen LogP contribution in [0.1, 0.15) is 36.9 Å². The molecule has 0 bridgehead atoms. The van der Waals surface area contributed by atoms with Crippen molar-refractivity contribution in [2.75, 3.05) is 5.32 Å². The summed E-state index contributed by atoms with van der Waals surface area (Å²) in [5, 5.41) is 11.6. The number of hydrogen-bond acceptors (Lipinski definition) is 3. The molecule has 0 aliphatic heterocycles. The quantitative estimate of drug-likeness (QED) is 0.922. The molecule has 0 aliphatic carbocycles. The van der Waals surface area contributed by atoms with Crippen molar-refractivity contribution in [2.24, 2.45) is 0 Å². The summed E-state index contributed by atoms with van der Waals surface area (Å²) in [6, 6.07) is 11.5. The number of amides is 1. The molecule has 0 aliphatic rings. The number of carbonyl (C=O) groups is 1. The Balaban J connectivity index is 2.24. The third-order valence-electron chi connectivity index (χ3n) is 3.59. The minimum Gasteiger partial charge on any atom is -0.324 e. The smallest absolute Gasteiger partial charge is 0.251 e. The third-order valence-corrected chi connectivity index (χ3v) is 3.59. The van der Waals surface area contributed by atoms with E-state index in [-0.39, 0.29) is 11.5 Å². The minimum atomic E-state index is -0.552. The summed E-state index contributed by atoms with van der Waals surface area (Å²) in [7, 11) is 0. The molecule has 1 heterocycles. The molecular weight excluding hydrogens is 290 g/mol. The molecular formula is C18H19N3O2. The van der Waals surface area contributed by atoms with Gasteiger partial charge >= 0.3 is 0 Å². The van der Waals surface area contributed by atoms with Gasteiger partial charge in [-0.3, -0.25) is 9.59 Å². The molecule has 1 aromatic heterocycles. The normalized spacial score (nSPS) is 11.5. The molecule has 1 atom stereocenters. The SMILES string of the molecule is CCCC(C(=O)Nc1ccc(C#N)cc1)n1ccc(C)cc1=O. The maximum absolute atomic E-state index is 12.6. The Morgan fingerprint density at radius 1 is 1.30 bits per heavy atom. The maximum Gasteiger partial charge on any atom is 0.251 e. The van der Waals surface area contributed by atoms with Crippen LogP contribution in [0, 0.1) is 18.3 Å². The first-order valence-electron chi connectivity index (χ1n) is 7.55. The number of aryl methyl sites for hydroxylation is 1. The van der Waals surface area contributed by atoms with Crippen LogP contribution < -0.4 is 10.9 Å². The number of hydrogen-bond donors (Lipinski definition) is 1. The summed E-state index contributed by atoms with van der Waals surface area (Å²) < 4.78 is 1.47. The summed E-state index contributed by atoms with van der Waals surface area (Å²) in [6.07, 6.45) is 3.02. The van der Waals surface area contributed by atoms with Gasteiger partial charge in [0.25, 0.3) is 5.56 Å². The fourth-order valence-electron chi connectivity index (χ4n) is 2.37. The van der Waals surface area contributed by atoms with Crippen LogP contribution in [-0.2, 0) is 4.79 Å². The Kier molecular flexibility index (Phi) is 5.32. The highest BCUT2D eigenvalue weighted by molar-refractivity contribution is 5.93. The summed E-state index contributed by atoms with van der Waals surface area (Å²) in [5.41, 5.74) is 1.82. The minimum absolute atomic E-state index is 0.182. The van der Waals surface area contributed by atoms with Gasteiger partial charge in [-0.15, -0.1) is 0 Å². The summed E-state index contributed by atoms with van der Waals surface area (Å²) >= 11 is 0. The monoisotopic (exact) mass is 309 g/mol. The molecule has 118 valence electrons. The lowest BCUT2D eigenvalue weighted by Crippen LogP contribution is -2.32. The van der Waals surface area contributed by atoms with E-state index in [1.54, 1.807) is 30.5 Å². The highest BCUT2D eigenvalue weighted by Crippen LogP contribution is 2.16. The van der Waals surface area contributed by atoms with Crippen LogP contribution >= 0.6 is 0 Å². The molecule has 2 aromatic rings. The molecule has 1 amide bonds. The molecule has 0 radical (unpaired) electrons. The van der Waals surface area contributed by atoms with Crippen LogP contribution in [0.2, 0.25) is 0 Å². The number of nitrogens with one attached hydrogen (secondary N) is 1. The standard InChI is InChI=1S/C18H19N3O2/c1-3-4-16(21-10-9-13(2)11-17(21)22)18(23)20-15-7-5-14(12-19)6-8-15/h5-11,16H,3-4H2,1-2H3,(H,20,23). The Labute approximate surface area is 135 Å². The first kappa shape index (κ1) is 16.5. The summed E-state index contributed by atoms with van der Waals surface area (Å²) in [5.74, 6) is -0.234. The van der Waals surface area contributed by atoms with Crippen molar-refractivity contribution in [3.8, 4) is 6.07 Å². The van der Waals surface area contributed by atoms with Crippen LogP contribution in [0.5, 0.6) is 0 Å². The van der Waals surface area contributed by atoms with Crippen LogP contribution in [-0.4, -0.2) is 10.5 Å². The van der Waals surface area contributed by atoms with E-state index in [2.05, 4.69) is 5.32 Å². The van der Waals surface area contributed by atoms with E-state index in [1.165, 1.54) is 10.6 Å². The summed E-state index contributed by atoms with van der Waals surface area (Å²) in [4.78, 5) is 24.7. The van der Waals surface area contributed by atoms with Gasteiger partial charge in [-0.05, 0) is 49.2 Å². The van der Waals surface area contributed by atoms with E-state index in [9.17, 15) is 9.59 Å². The van der Waals surface area contributed by atoms with Gasteiger partial charge in [0.05, 0.1) is 11.6 Å². The van der Waals surface area contributed by atoms with Gasteiger partial charge in [0, 0.05) is 18.0 Å². The number of pyridine rings is 1. The van der Waals surface area contributed by atoms with Crippen molar-refractivity contribution in [3.63, 3.8) is 0 Å². The van der Waals surface area contributed by atoms with Crippen LogP contribution in [0.3, 0.4) is 0 Å². The van der Waals surface area contributed by atoms with Crippen molar-refractivity contribution in [2.45, 2.75) is 32.7 Å². The van der Waals surface area contributed by atoms with Crippen LogP contribution in [0.15, 0.2) is 47.4 Å². The molecule has 0 spiro atoms. The molecule has 5 heteroatoms. The van der Waals surface area contributed by atoms with Crippen molar-refractivity contribution in [3.05, 3.63) is 64.1 Å². The fraction of sp³-hybridized carbons (Fsp3) is 0.278. The molecule has 1 N–H and O–H groups in total. The zero-order valence-electron chi connectivity index (χ0n) is 13.2. The Morgan fingerprint density at radius 3 is 2.57 bits per heavy atom. The van der Waals surface area contributed by atoms with E-state index in [0.717, 1.165) is 12.0 Å². The van der Waals surface area contributed by atoms with E-state index in [0.29, 0.717) is 17.7 Å². The lowest BCUT2D eigenvalue weighted by molar-refractivity contribution is -0.119. The molecule has 0 fully saturated rings. The predicted octanol–water partition coefficient (Wildman–Crippen LogP) is 3.01. The van der Waals surface area contributed by atoms with Gasteiger partial charge in [0.1, 0.15) is 6.04 Å². The van der Waals surface area contributed by atoms with Gasteiger partial charge in [0.2, 0.25) is 5.91 Å². The zero-order valence-corrected chi connectivity index (χ0v) is 13.2. The van der Waals surface area contributed by atoms with E-state index in [1.807, 2.05) is 26.0 Å². The number of nitriles is 1. The average molecular weight is 309 g/mol. The van der Waals surface area contributed by atoms with Crippen molar-refractivity contribution in [1.29, 1.82) is 5.26 Å². The van der Waals surface area contributed by atoms with E-state index in [4.69, 9.17) is 5.26 Å².